The molecule has 3 aliphatic rings. The lowest BCUT2D eigenvalue weighted by molar-refractivity contribution is -0.144. The Morgan fingerprint density at radius 3 is 2.67 bits per heavy atom. The van der Waals surface area contributed by atoms with Crippen LogP contribution in [0.25, 0.3) is 0 Å². The number of aliphatic hydroxyl groups is 1. The van der Waals surface area contributed by atoms with E-state index in [9.17, 15) is 9.90 Å². The first kappa shape index (κ1) is 16.1. The molecule has 24 heavy (non-hydrogen) atoms. The van der Waals surface area contributed by atoms with Crippen LogP contribution in [0.4, 0.5) is 0 Å². The molecule has 1 N–H and O–H groups in total. The van der Waals surface area contributed by atoms with Crippen molar-refractivity contribution in [1.29, 1.82) is 0 Å². The van der Waals surface area contributed by atoms with E-state index in [2.05, 4.69) is 29.2 Å². The molecule has 130 valence electrons. The Kier molecular flexibility index (Phi) is 4.16. The summed E-state index contributed by atoms with van der Waals surface area (Å²) in [7, 11) is 0. The summed E-state index contributed by atoms with van der Waals surface area (Å²) in [6.07, 6.45) is 6.37. The van der Waals surface area contributed by atoms with E-state index in [1.54, 1.807) is 0 Å². The summed E-state index contributed by atoms with van der Waals surface area (Å²) >= 11 is 0. The number of likely N-dealkylation sites (tertiary alicyclic amines) is 1. The fourth-order valence-electron chi connectivity index (χ4n) is 5.64. The first-order valence-corrected chi connectivity index (χ1v) is 9.60. The highest BCUT2D eigenvalue weighted by Crippen LogP contribution is 2.58. The summed E-state index contributed by atoms with van der Waals surface area (Å²) in [5, 5.41) is 9.88. The van der Waals surface area contributed by atoms with E-state index in [4.69, 9.17) is 0 Å². The normalized spacial score (nSPS) is 36.2. The minimum absolute atomic E-state index is 0.183. The van der Waals surface area contributed by atoms with Gasteiger partial charge in [0.1, 0.15) is 0 Å². The van der Waals surface area contributed by atoms with Gasteiger partial charge >= 0.3 is 0 Å². The van der Waals surface area contributed by atoms with Crippen LogP contribution in [0.3, 0.4) is 0 Å². The second-order valence-corrected chi connectivity index (χ2v) is 8.44. The standard InChI is InChI=1S/C21H29NO2/c1-15(23)18-9-10-22(14-18)20(24)21(12-16-5-3-2-4-6-16)13-17-7-8-19(21)11-17/h2-6,15,17-19,23H,7-14H2,1H3. The number of amides is 1. The topological polar surface area (TPSA) is 40.5 Å². The summed E-state index contributed by atoms with van der Waals surface area (Å²) in [5.74, 6) is 1.93. The molecule has 1 saturated heterocycles. The molecule has 1 aliphatic heterocycles. The van der Waals surface area contributed by atoms with E-state index in [1.165, 1.54) is 24.8 Å². The average molecular weight is 327 g/mol. The van der Waals surface area contributed by atoms with Crippen molar-refractivity contribution in [2.75, 3.05) is 13.1 Å². The predicted molar refractivity (Wildman–Crippen MR) is 94.4 cm³/mol. The Morgan fingerprint density at radius 1 is 1.29 bits per heavy atom. The van der Waals surface area contributed by atoms with Crippen LogP contribution < -0.4 is 0 Å². The van der Waals surface area contributed by atoms with Crippen molar-refractivity contribution in [3.05, 3.63) is 35.9 Å². The molecule has 4 rings (SSSR count). The van der Waals surface area contributed by atoms with Gasteiger partial charge in [-0.25, -0.2) is 0 Å². The molecule has 3 nitrogen and oxygen atoms in total. The molecule has 3 fully saturated rings. The maximum Gasteiger partial charge on any atom is 0.229 e. The molecule has 1 heterocycles. The van der Waals surface area contributed by atoms with E-state index < -0.39 is 0 Å². The molecule has 1 aromatic rings. The quantitative estimate of drug-likeness (QED) is 0.922. The first-order chi connectivity index (χ1) is 11.6. The second-order valence-electron chi connectivity index (χ2n) is 8.44. The van der Waals surface area contributed by atoms with Crippen LogP contribution in [0.2, 0.25) is 0 Å². The Labute approximate surface area is 145 Å². The van der Waals surface area contributed by atoms with Crippen molar-refractivity contribution >= 4 is 5.91 Å². The van der Waals surface area contributed by atoms with Crippen LogP contribution in [0.5, 0.6) is 0 Å². The van der Waals surface area contributed by atoms with Gasteiger partial charge in [0, 0.05) is 19.0 Å². The summed E-state index contributed by atoms with van der Waals surface area (Å²) in [6.45, 7) is 3.42. The van der Waals surface area contributed by atoms with Gasteiger partial charge in [0.15, 0.2) is 0 Å². The van der Waals surface area contributed by atoms with Gasteiger partial charge in [-0.15, -0.1) is 0 Å². The Bertz CT molecular complexity index is 599. The van der Waals surface area contributed by atoms with Crippen LogP contribution in [0, 0.1) is 23.2 Å². The zero-order valence-corrected chi connectivity index (χ0v) is 14.7. The summed E-state index contributed by atoms with van der Waals surface area (Å²) < 4.78 is 0. The zero-order chi connectivity index (χ0) is 16.7. The smallest absolute Gasteiger partial charge is 0.229 e. The average Bonchev–Trinajstić information content (AvgIpc) is 3.31. The number of carbonyl (C=O) groups excluding carboxylic acids is 1. The fourth-order valence-corrected chi connectivity index (χ4v) is 5.64. The van der Waals surface area contributed by atoms with Crippen LogP contribution in [-0.4, -0.2) is 35.1 Å². The monoisotopic (exact) mass is 327 g/mol. The number of nitrogens with zero attached hydrogens (tertiary/aromatic N) is 1. The number of hydrogen-bond acceptors (Lipinski definition) is 2. The molecule has 1 amide bonds. The number of carbonyl (C=O) groups is 1. The molecule has 2 saturated carbocycles. The molecular weight excluding hydrogens is 298 g/mol. The van der Waals surface area contributed by atoms with Crippen LogP contribution >= 0.6 is 0 Å². The highest BCUT2D eigenvalue weighted by atomic mass is 16.3. The molecule has 2 aliphatic carbocycles. The van der Waals surface area contributed by atoms with E-state index in [0.717, 1.165) is 38.3 Å². The number of benzene rings is 1. The van der Waals surface area contributed by atoms with Crippen molar-refractivity contribution < 1.29 is 9.90 Å². The summed E-state index contributed by atoms with van der Waals surface area (Å²) in [5.41, 5.74) is 1.11. The Hall–Kier alpha value is -1.35. The lowest BCUT2D eigenvalue weighted by atomic mass is 9.68. The van der Waals surface area contributed by atoms with Gasteiger partial charge in [0.25, 0.3) is 0 Å². The summed E-state index contributed by atoms with van der Waals surface area (Å²) in [6, 6.07) is 10.6. The Balaban J connectivity index is 1.58. The van der Waals surface area contributed by atoms with Gasteiger partial charge in [-0.3, -0.25) is 4.79 Å². The van der Waals surface area contributed by atoms with Gasteiger partial charge in [0.05, 0.1) is 11.5 Å². The number of fused-ring (bicyclic) bond motifs is 2. The number of aliphatic hydroxyl groups excluding tert-OH is 1. The largest absolute Gasteiger partial charge is 0.393 e. The van der Waals surface area contributed by atoms with Crippen molar-refractivity contribution in [2.45, 2.75) is 51.6 Å². The number of hydrogen-bond donors (Lipinski definition) is 1. The van der Waals surface area contributed by atoms with Crippen molar-refractivity contribution in [2.24, 2.45) is 23.2 Å². The molecule has 5 unspecified atom stereocenters. The molecule has 3 heteroatoms. The van der Waals surface area contributed by atoms with Crippen LogP contribution in [-0.2, 0) is 11.2 Å². The zero-order valence-electron chi connectivity index (χ0n) is 14.7. The lowest BCUT2D eigenvalue weighted by Crippen LogP contribution is -2.47. The van der Waals surface area contributed by atoms with Gasteiger partial charge in [-0.1, -0.05) is 36.8 Å². The lowest BCUT2D eigenvalue weighted by Gasteiger charge is -2.39. The highest BCUT2D eigenvalue weighted by Gasteiger charge is 2.56. The minimum atomic E-state index is -0.312. The molecule has 5 atom stereocenters. The Morgan fingerprint density at radius 2 is 2.08 bits per heavy atom. The highest BCUT2D eigenvalue weighted by molar-refractivity contribution is 5.84. The van der Waals surface area contributed by atoms with E-state index >= 15 is 0 Å². The van der Waals surface area contributed by atoms with E-state index in [0.29, 0.717) is 11.8 Å². The third kappa shape index (κ3) is 2.67. The van der Waals surface area contributed by atoms with Crippen molar-refractivity contribution in [3.63, 3.8) is 0 Å². The molecule has 1 aromatic carbocycles. The summed E-state index contributed by atoms with van der Waals surface area (Å²) in [4.78, 5) is 15.6. The molecule has 0 spiro atoms. The molecule has 2 bridgehead atoms. The maximum absolute atomic E-state index is 13.6. The SMILES string of the molecule is CC(O)C1CCN(C(=O)C2(Cc3ccccc3)CC3CCC2C3)C1. The molecule has 0 radical (unpaired) electrons. The van der Waals surface area contributed by atoms with E-state index in [-0.39, 0.29) is 17.4 Å². The second kappa shape index (κ2) is 6.18. The van der Waals surface area contributed by atoms with E-state index in [1.807, 2.05) is 13.0 Å². The fraction of sp³-hybridized carbons (Fsp3) is 0.667. The molecular formula is C21H29NO2. The van der Waals surface area contributed by atoms with Crippen molar-refractivity contribution in [1.82, 2.24) is 4.90 Å². The third-order valence-corrected chi connectivity index (χ3v) is 6.96. The van der Waals surface area contributed by atoms with Gasteiger partial charge in [-0.2, -0.15) is 0 Å². The van der Waals surface area contributed by atoms with Crippen LogP contribution in [0.1, 0.15) is 44.6 Å². The number of rotatable bonds is 4. The predicted octanol–water partition coefficient (Wildman–Crippen LogP) is 3.26. The third-order valence-electron chi connectivity index (χ3n) is 6.96. The van der Waals surface area contributed by atoms with Gasteiger partial charge in [-0.05, 0) is 56.4 Å². The minimum Gasteiger partial charge on any atom is -0.393 e. The maximum atomic E-state index is 13.6. The van der Waals surface area contributed by atoms with Crippen molar-refractivity contribution in [3.8, 4) is 0 Å². The first-order valence-electron chi connectivity index (χ1n) is 9.60. The molecule has 0 aromatic heterocycles. The van der Waals surface area contributed by atoms with Gasteiger partial charge in [0.2, 0.25) is 5.91 Å². The van der Waals surface area contributed by atoms with Crippen LogP contribution in [0.15, 0.2) is 30.3 Å². The van der Waals surface area contributed by atoms with Gasteiger partial charge < -0.3 is 10.0 Å².